The van der Waals surface area contributed by atoms with Crippen LogP contribution >= 0.6 is 0 Å². The van der Waals surface area contributed by atoms with Crippen LogP contribution in [0.4, 0.5) is 5.69 Å². The number of nitrogens with one attached hydrogen (secondary N) is 1. The van der Waals surface area contributed by atoms with E-state index in [2.05, 4.69) is 14.7 Å². The van der Waals surface area contributed by atoms with Crippen LogP contribution in [-0.2, 0) is 16.6 Å². The largest absolute Gasteiger partial charge is 0.377 e. The summed E-state index contributed by atoms with van der Waals surface area (Å²) in [5.41, 5.74) is 2.33. The Morgan fingerprint density at radius 3 is 2.40 bits per heavy atom. The highest BCUT2D eigenvalue weighted by atomic mass is 32.2. The molecule has 0 unspecified atom stereocenters. The Bertz CT molecular complexity index is 999. The maximum absolute atomic E-state index is 12.8. The molecule has 3 rings (SSSR count). The third-order valence-corrected chi connectivity index (χ3v) is 5.37. The first-order valence-corrected chi connectivity index (χ1v) is 9.33. The van der Waals surface area contributed by atoms with E-state index in [-0.39, 0.29) is 11.4 Å². The van der Waals surface area contributed by atoms with Gasteiger partial charge in [0.25, 0.3) is 0 Å². The first kappa shape index (κ1) is 17.3. The van der Waals surface area contributed by atoms with E-state index >= 15 is 0 Å². The van der Waals surface area contributed by atoms with Crippen LogP contribution in [0.5, 0.6) is 0 Å². The molecule has 0 atom stereocenters. The Labute approximate surface area is 147 Å². The Balaban J connectivity index is 1.97. The molecule has 6 nitrogen and oxygen atoms in total. The van der Waals surface area contributed by atoms with Gasteiger partial charge in [-0.05, 0) is 19.1 Å². The van der Waals surface area contributed by atoms with Gasteiger partial charge in [0.1, 0.15) is 0 Å². The number of fused-ring (bicyclic) bond motifs is 1. The number of hydrogen-bond acceptors (Lipinski definition) is 5. The number of rotatable bonds is 5. The van der Waals surface area contributed by atoms with Gasteiger partial charge in [-0.25, -0.2) is 13.1 Å². The number of nitrogens with zero attached hydrogens (tertiary/aromatic N) is 3. The summed E-state index contributed by atoms with van der Waals surface area (Å²) >= 11 is 0. The second-order valence-electron chi connectivity index (χ2n) is 6.00. The average molecular weight is 356 g/mol. The quantitative estimate of drug-likeness (QED) is 0.760. The Morgan fingerprint density at radius 2 is 1.72 bits per heavy atom. The van der Waals surface area contributed by atoms with Crippen molar-refractivity contribution < 1.29 is 8.42 Å². The number of hydrogen-bond donors (Lipinski definition) is 1. The third-order valence-electron chi connectivity index (χ3n) is 3.91. The number of aromatic nitrogens is 2. The van der Waals surface area contributed by atoms with Crippen LogP contribution in [0.2, 0.25) is 0 Å². The summed E-state index contributed by atoms with van der Waals surface area (Å²) in [5, 5.41) is 1.58. The van der Waals surface area contributed by atoms with Crippen molar-refractivity contribution in [2.24, 2.45) is 0 Å². The monoisotopic (exact) mass is 356 g/mol. The fourth-order valence-corrected chi connectivity index (χ4v) is 3.86. The molecule has 0 saturated heterocycles. The van der Waals surface area contributed by atoms with E-state index in [0.717, 1.165) is 16.8 Å². The molecule has 0 fully saturated rings. The summed E-state index contributed by atoms with van der Waals surface area (Å²) in [6.07, 6.45) is 3.19. The zero-order valence-corrected chi connectivity index (χ0v) is 15.2. The van der Waals surface area contributed by atoms with Crippen LogP contribution in [0.25, 0.3) is 10.8 Å². The molecular weight excluding hydrogens is 336 g/mol. The van der Waals surface area contributed by atoms with Gasteiger partial charge < -0.3 is 4.90 Å². The Kier molecular flexibility index (Phi) is 4.69. The molecule has 3 aromatic rings. The molecule has 1 heterocycles. The molecule has 1 N–H and O–H groups in total. The number of benzene rings is 2. The van der Waals surface area contributed by atoms with Crippen LogP contribution in [0.1, 0.15) is 11.4 Å². The van der Waals surface area contributed by atoms with Crippen molar-refractivity contribution >= 4 is 26.5 Å². The van der Waals surface area contributed by atoms with Gasteiger partial charge in [0.05, 0.1) is 29.0 Å². The number of aryl methyl sites for hydroxylation is 1. The molecule has 7 heteroatoms. The molecule has 0 aliphatic heterocycles. The predicted molar refractivity (Wildman–Crippen MR) is 99.1 cm³/mol. The van der Waals surface area contributed by atoms with Crippen molar-refractivity contribution in [3.63, 3.8) is 0 Å². The van der Waals surface area contributed by atoms with Crippen molar-refractivity contribution in [1.82, 2.24) is 14.7 Å². The van der Waals surface area contributed by atoms with Crippen molar-refractivity contribution in [3.8, 4) is 0 Å². The van der Waals surface area contributed by atoms with Crippen LogP contribution in [0.15, 0.2) is 53.7 Å². The highest BCUT2D eigenvalue weighted by Gasteiger charge is 2.18. The first-order chi connectivity index (χ1) is 11.9. The zero-order valence-electron chi connectivity index (χ0n) is 14.4. The topological polar surface area (TPSA) is 75.2 Å². The lowest BCUT2D eigenvalue weighted by Crippen LogP contribution is -2.24. The van der Waals surface area contributed by atoms with Crippen molar-refractivity contribution in [2.75, 3.05) is 19.0 Å². The highest BCUT2D eigenvalue weighted by molar-refractivity contribution is 7.89. The molecule has 25 heavy (non-hydrogen) atoms. The van der Waals surface area contributed by atoms with E-state index in [1.807, 2.05) is 50.2 Å². The fourth-order valence-electron chi connectivity index (χ4n) is 2.65. The minimum atomic E-state index is -3.67. The highest BCUT2D eigenvalue weighted by Crippen LogP contribution is 2.30. The van der Waals surface area contributed by atoms with Gasteiger partial charge in [0, 0.05) is 36.8 Å². The summed E-state index contributed by atoms with van der Waals surface area (Å²) in [6.45, 7) is 1.93. The van der Waals surface area contributed by atoms with E-state index in [9.17, 15) is 8.42 Å². The van der Waals surface area contributed by atoms with Crippen molar-refractivity contribution in [3.05, 3.63) is 60.2 Å². The lowest BCUT2D eigenvalue weighted by atomic mass is 10.1. The Morgan fingerprint density at radius 1 is 1.00 bits per heavy atom. The number of sulfonamides is 1. The molecule has 0 saturated carbocycles. The molecule has 0 radical (unpaired) electrons. The van der Waals surface area contributed by atoms with E-state index in [4.69, 9.17) is 0 Å². The molecule has 0 aliphatic carbocycles. The number of anilines is 1. The van der Waals surface area contributed by atoms with Gasteiger partial charge in [-0.1, -0.05) is 24.3 Å². The van der Waals surface area contributed by atoms with Crippen LogP contribution in [0.3, 0.4) is 0 Å². The Hall–Kier alpha value is -2.51. The van der Waals surface area contributed by atoms with E-state index in [1.54, 1.807) is 24.5 Å². The molecular formula is C18H20N4O2S. The molecule has 0 amide bonds. The molecule has 0 bridgehead atoms. The minimum absolute atomic E-state index is 0.0966. The van der Waals surface area contributed by atoms with Crippen LogP contribution in [-0.4, -0.2) is 32.5 Å². The molecule has 0 aliphatic rings. The molecule has 0 spiro atoms. The van der Waals surface area contributed by atoms with Crippen molar-refractivity contribution in [2.45, 2.75) is 18.4 Å². The lowest BCUT2D eigenvalue weighted by Gasteiger charge is -2.17. The van der Waals surface area contributed by atoms with E-state index in [1.165, 1.54) is 0 Å². The smallest absolute Gasteiger partial charge is 0.241 e. The maximum Gasteiger partial charge on any atom is 0.241 e. The summed E-state index contributed by atoms with van der Waals surface area (Å²) in [5.74, 6) is 0. The van der Waals surface area contributed by atoms with Gasteiger partial charge in [0.15, 0.2) is 0 Å². The fraction of sp³-hybridized carbons (Fsp3) is 0.222. The second kappa shape index (κ2) is 6.78. The van der Waals surface area contributed by atoms with E-state index in [0.29, 0.717) is 11.1 Å². The van der Waals surface area contributed by atoms with Gasteiger partial charge in [-0.2, -0.15) is 0 Å². The zero-order chi connectivity index (χ0) is 18.0. The summed E-state index contributed by atoms with van der Waals surface area (Å²) in [6, 6.07) is 11.0. The van der Waals surface area contributed by atoms with Gasteiger partial charge in [-0.3, -0.25) is 9.97 Å². The molecule has 1 aromatic heterocycles. The predicted octanol–water partition coefficient (Wildman–Crippen LogP) is 2.48. The average Bonchev–Trinajstić information content (AvgIpc) is 2.60. The second-order valence-corrected chi connectivity index (χ2v) is 7.73. The lowest BCUT2D eigenvalue weighted by molar-refractivity contribution is 0.581. The summed E-state index contributed by atoms with van der Waals surface area (Å²) < 4.78 is 28.2. The summed E-state index contributed by atoms with van der Waals surface area (Å²) in [7, 11) is 0.196. The van der Waals surface area contributed by atoms with E-state index < -0.39 is 10.0 Å². The van der Waals surface area contributed by atoms with Crippen LogP contribution in [0, 0.1) is 6.92 Å². The standard InChI is InChI=1S/C18H20N4O2S/c1-13-10-20-14(11-19-13)12-21-25(23,24)18-9-5-6-15-16(18)7-4-8-17(15)22(2)3/h4-11,21H,12H2,1-3H3. The van der Waals surface area contributed by atoms with Gasteiger partial charge in [0.2, 0.25) is 10.0 Å². The molecule has 2 aromatic carbocycles. The third kappa shape index (κ3) is 3.62. The van der Waals surface area contributed by atoms with Gasteiger partial charge >= 0.3 is 0 Å². The summed E-state index contributed by atoms with van der Waals surface area (Å²) in [4.78, 5) is 10.5. The van der Waals surface area contributed by atoms with Crippen molar-refractivity contribution in [1.29, 1.82) is 0 Å². The van der Waals surface area contributed by atoms with Gasteiger partial charge in [-0.15, -0.1) is 0 Å². The normalized spacial score (nSPS) is 11.6. The first-order valence-electron chi connectivity index (χ1n) is 7.85. The molecule has 130 valence electrons. The SMILES string of the molecule is Cc1cnc(CNS(=O)(=O)c2cccc3c(N(C)C)cccc23)cn1. The maximum atomic E-state index is 12.8. The minimum Gasteiger partial charge on any atom is -0.377 e. The van der Waals surface area contributed by atoms with Crippen LogP contribution < -0.4 is 9.62 Å².